The normalized spacial score (nSPS) is 10.1. The lowest BCUT2D eigenvalue weighted by Gasteiger charge is -2.11. The van der Waals surface area contributed by atoms with Gasteiger partial charge in [0.1, 0.15) is 11.8 Å². The van der Waals surface area contributed by atoms with E-state index in [-0.39, 0.29) is 16.9 Å². The number of hydrogen-bond donors (Lipinski definition) is 0. The van der Waals surface area contributed by atoms with Crippen LogP contribution in [0, 0.1) is 11.3 Å². The number of alkyl halides is 2. The van der Waals surface area contributed by atoms with Gasteiger partial charge >= 0.3 is 6.61 Å². The summed E-state index contributed by atoms with van der Waals surface area (Å²) >= 11 is 0. The van der Waals surface area contributed by atoms with Crippen LogP contribution in [0.3, 0.4) is 0 Å². The third-order valence-corrected chi connectivity index (χ3v) is 2.26. The lowest BCUT2D eigenvalue weighted by atomic mass is 9.99. The molecule has 0 spiro atoms. The van der Waals surface area contributed by atoms with E-state index in [0.29, 0.717) is 12.0 Å². The van der Waals surface area contributed by atoms with Gasteiger partial charge in [0, 0.05) is 0 Å². The molecular formula is C12H11F2NO2. The first-order valence-corrected chi connectivity index (χ1v) is 5.02. The summed E-state index contributed by atoms with van der Waals surface area (Å²) < 4.78 is 28.7. The van der Waals surface area contributed by atoms with Crippen LogP contribution in [-0.2, 0) is 6.42 Å². The number of rotatable bonds is 4. The Morgan fingerprint density at radius 1 is 1.53 bits per heavy atom. The van der Waals surface area contributed by atoms with E-state index in [9.17, 15) is 13.6 Å². The summed E-state index contributed by atoms with van der Waals surface area (Å²) in [5.41, 5.74) is 0.639. The predicted molar refractivity (Wildman–Crippen MR) is 57.2 cm³/mol. The molecule has 0 aliphatic rings. The summed E-state index contributed by atoms with van der Waals surface area (Å²) in [5.74, 6) is -0.705. The van der Waals surface area contributed by atoms with Gasteiger partial charge in [0.2, 0.25) is 0 Å². The first-order chi connectivity index (χ1) is 7.99. The first-order valence-electron chi connectivity index (χ1n) is 5.02. The number of halogens is 2. The van der Waals surface area contributed by atoms with E-state index in [1.54, 1.807) is 0 Å². The number of nitrogens with zero attached hydrogens (tertiary/aromatic N) is 1. The van der Waals surface area contributed by atoms with Gasteiger partial charge in [-0.15, -0.1) is 0 Å². The number of Topliss-reactive ketones (excluding diaryl/α,β-unsaturated/α-hetero) is 1. The highest BCUT2D eigenvalue weighted by Crippen LogP contribution is 2.27. The van der Waals surface area contributed by atoms with E-state index in [0.717, 1.165) is 0 Å². The fourth-order valence-corrected chi connectivity index (χ4v) is 1.52. The van der Waals surface area contributed by atoms with Crippen molar-refractivity contribution in [2.45, 2.75) is 26.9 Å². The number of benzene rings is 1. The molecule has 90 valence electrons. The van der Waals surface area contributed by atoms with Crippen LogP contribution >= 0.6 is 0 Å². The van der Waals surface area contributed by atoms with Gasteiger partial charge in [-0.25, -0.2) is 0 Å². The highest BCUT2D eigenvalue weighted by molar-refractivity contribution is 5.99. The van der Waals surface area contributed by atoms with Gasteiger partial charge in [0.15, 0.2) is 5.78 Å². The zero-order chi connectivity index (χ0) is 13.0. The molecule has 0 bridgehead atoms. The molecule has 0 atom stereocenters. The molecule has 0 fully saturated rings. The minimum absolute atomic E-state index is 0.0625. The van der Waals surface area contributed by atoms with Gasteiger partial charge in [0.25, 0.3) is 0 Å². The molecule has 1 rings (SSSR count). The van der Waals surface area contributed by atoms with Crippen molar-refractivity contribution in [2.24, 2.45) is 0 Å². The number of carbonyl (C=O) groups excluding carboxylic acids is 1. The Hall–Kier alpha value is -1.96. The molecule has 0 unspecified atom stereocenters. The van der Waals surface area contributed by atoms with Crippen LogP contribution in [-0.4, -0.2) is 12.4 Å². The van der Waals surface area contributed by atoms with Crippen LogP contribution in [0.5, 0.6) is 5.75 Å². The van der Waals surface area contributed by atoms with Crippen molar-refractivity contribution in [3.63, 3.8) is 0 Å². The molecule has 5 heteroatoms. The van der Waals surface area contributed by atoms with Crippen molar-refractivity contribution in [3.05, 3.63) is 28.8 Å². The van der Waals surface area contributed by atoms with E-state index < -0.39 is 12.4 Å². The molecule has 1 aromatic carbocycles. The molecule has 3 nitrogen and oxygen atoms in total. The average Bonchev–Trinajstić information content (AvgIpc) is 2.26. The molecule has 0 saturated heterocycles. The molecule has 17 heavy (non-hydrogen) atoms. The molecule has 0 aromatic heterocycles. The Balaban J connectivity index is 3.42. The van der Waals surface area contributed by atoms with E-state index in [2.05, 4.69) is 4.74 Å². The second-order valence-corrected chi connectivity index (χ2v) is 3.42. The molecule has 0 amide bonds. The molecule has 1 aromatic rings. The summed E-state index contributed by atoms with van der Waals surface area (Å²) in [6.45, 7) is 0.00248. The van der Waals surface area contributed by atoms with Crippen LogP contribution in [0.1, 0.15) is 35.3 Å². The number of hydrogen-bond acceptors (Lipinski definition) is 3. The van der Waals surface area contributed by atoms with Gasteiger partial charge in [-0.3, -0.25) is 4.79 Å². The molecule has 0 heterocycles. The van der Waals surface area contributed by atoms with Crippen LogP contribution in [0.2, 0.25) is 0 Å². The summed E-state index contributed by atoms with van der Waals surface area (Å²) in [4.78, 5) is 11.4. The predicted octanol–water partition coefficient (Wildman–Crippen LogP) is 2.92. The van der Waals surface area contributed by atoms with E-state index in [1.807, 2.05) is 13.0 Å². The summed E-state index contributed by atoms with van der Waals surface area (Å²) in [6.07, 6.45) is 0.562. The third kappa shape index (κ3) is 3.00. The molecule has 0 radical (unpaired) electrons. The standard InChI is InChI=1S/C12H11F2NO2/c1-3-8-4-9(6-15)11(7(2)16)10(5-8)17-12(13)14/h4-5,12H,3H2,1-2H3. The third-order valence-electron chi connectivity index (χ3n) is 2.26. The Morgan fingerprint density at radius 3 is 2.59 bits per heavy atom. The number of aryl methyl sites for hydroxylation is 1. The maximum Gasteiger partial charge on any atom is 0.387 e. The van der Waals surface area contributed by atoms with Crippen molar-refractivity contribution < 1.29 is 18.3 Å². The quantitative estimate of drug-likeness (QED) is 0.759. The molecule has 0 N–H and O–H groups in total. The second-order valence-electron chi connectivity index (χ2n) is 3.42. The smallest absolute Gasteiger partial charge is 0.387 e. The number of carbonyl (C=O) groups is 1. The number of ether oxygens (including phenoxy) is 1. The highest BCUT2D eigenvalue weighted by Gasteiger charge is 2.18. The van der Waals surface area contributed by atoms with Crippen molar-refractivity contribution in [3.8, 4) is 11.8 Å². The maximum absolute atomic E-state index is 12.2. The summed E-state index contributed by atoms with van der Waals surface area (Å²) in [5, 5.41) is 8.90. The zero-order valence-electron chi connectivity index (χ0n) is 9.46. The van der Waals surface area contributed by atoms with E-state index >= 15 is 0 Å². The average molecular weight is 239 g/mol. The van der Waals surface area contributed by atoms with Crippen molar-refractivity contribution in [1.29, 1.82) is 5.26 Å². The topological polar surface area (TPSA) is 50.1 Å². The fourth-order valence-electron chi connectivity index (χ4n) is 1.52. The van der Waals surface area contributed by atoms with E-state index in [4.69, 9.17) is 5.26 Å². The fraction of sp³-hybridized carbons (Fsp3) is 0.333. The Bertz CT molecular complexity index is 478. The lowest BCUT2D eigenvalue weighted by Crippen LogP contribution is -2.09. The lowest BCUT2D eigenvalue weighted by molar-refractivity contribution is -0.0501. The van der Waals surface area contributed by atoms with Crippen molar-refractivity contribution in [2.75, 3.05) is 0 Å². The zero-order valence-corrected chi connectivity index (χ0v) is 9.46. The summed E-state index contributed by atoms with van der Waals surface area (Å²) in [7, 11) is 0. The van der Waals surface area contributed by atoms with Crippen LogP contribution in [0.25, 0.3) is 0 Å². The Kier molecular flexibility index (Phi) is 4.16. The number of nitriles is 1. The molecule has 0 aliphatic heterocycles. The Labute approximate surface area is 97.6 Å². The van der Waals surface area contributed by atoms with Crippen LogP contribution < -0.4 is 4.74 Å². The first kappa shape index (κ1) is 13.1. The summed E-state index contributed by atoms with van der Waals surface area (Å²) in [6, 6.07) is 4.69. The van der Waals surface area contributed by atoms with Gasteiger partial charge in [-0.05, 0) is 31.0 Å². The van der Waals surface area contributed by atoms with Gasteiger partial charge in [-0.2, -0.15) is 14.0 Å². The van der Waals surface area contributed by atoms with Crippen LogP contribution in [0.4, 0.5) is 8.78 Å². The SMILES string of the molecule is CCc1cc(C#N)c(C(C)=O)c(OC(F)F)c1. The minimum Gasteiger partial charge on any atom is -0.434 e. The Morgan fingerprint density at radius 2 is 2.18 bits per heavy atom. The van der Waals surface area contributed by atoms with Crippen molar-refractivity contribution in [1.82, 2.24) is 0 Å². The number of ketones is 1. The maximum atomic E-state index is 12.2. The molecule has 0 aliphatic carbocycles. The minimum atomic E-state index is -3.02. The molecule has 0 saturated carbocycles. The van der Waals surface area contributed by atoms with Gasteiger partial charge < -0.3 is 4.74 Å². The van der Waals surface area contributed by atoms with Gasteiger partial charge in [-0.1, -0.05) is 6.92 Å². The highest BCUT2D eigenvalue weighted by atomic mass is 19.3. The van der Waals surface area contributed by atoms with Crippen molar-refractivity contribution >= 4 is 5.78 Å². The van der Waals surface area contributed by atoms with Crippen LogP contribution in [0.15, 0.2) is 12.1 Å². The van der Waals surface area contributed by atoms with Gasteiger partial charge in [0.05, 0.1) is 11.1 Å². The molecular weight excluding hydrogens is 228 g/mol. The largest absolute Gasteiger partial charge is 0.434 e. The second kappa shape index (κ2) is 5.39. The monoisotopic (exact) mass is 239 g/mol. The van der Waals surface area contributed by atoms with E-state index in [1.165, 1.54) is 19.1 Å².